The number of fused-ring (bicyclic) bond motifs is 1. The minimum Gasteiger partial charge on any atom is -0.442 e. The Hall–Kier alpha value is -3.49. The quantitative estimate of drug-likeness (QED) is 0.238. The molecule has 0 radical (unpaired) electrons. The van der Waals surface area contributed by atoms with Gasteiger partial charge < -0.3 is 19.3 Å². The largest absolute Gasteiger partial charge is 0.442 e. The molecule has 2 atom stereocenters. The predicted octanol–water partition coefficient (Wildman–Crippen LogP) is 6.97. The maximum Gasteiger partial charge on any atom is 0.416 e. The number of halogens is 9. The Bertz CT molecular complexity index is 1270. The molecule has 0 saturated carbocycles. The molecule has 3 rings (SSSR count). The summed E-state index contributed by atoms with van der Waals surface area (Å²) in [6.07, 6.45) is -15.3. The fraction of sp³-hybridized carbons (Fsp3) is 0.481. The third kappa shape index (κ3) is 7.10. The number of amides is 1. The molecule has 0 spiro atoms. The van der Waals surface area contributed by atoms with Crippen LogP contribution in [0.15, 0.2) is 36.4 Å². The number of rotatable bonds is 8. The predicted molar refractivity (Wildman–Crippen MR) is 131 cm³/mol. The Balaban J connectivity index is 2.24. The Morgan fingerprint density at radius 2 is 1.48 bits per heavy atom. The Morgan fingerprint density at radius 1 is 0.929 bits per heavy atom. The zero-order chi connectivity index (χ0) is 31.8. The number of alkyl halides is 9. The lowest BCUT2D eigenvalue weighted by Crippen LogP contribution is -2.57. The molecule has 0 N–H and O–H groups in total. The monoisotopic (exact) mass is 614 g/mol. The van der Waals surface area contributed by atoms with Gasteiger partial charge in [-0.2, -0.15) is 39.5 Å². The van der Waals surface area contributed by atoms with Gasteiger partial charge in [-0.15, -0.1) is 0 Å². The number of nitrogens with zero attached hydrogens (tertiary/aromatic N) is 2. The van der Waals surface area contributed by atoms with Gasteiger partial charge in [0.2, 0.25) is 5.91 Å². The highest BCUT2D eigenvalue weighted by Gasteiger charge is 2.45. The van der Waals surface area contributed by atoms with Crippen LogP contribution < -0.4 is 4.90 Å². The summed E-state index contributed by atoms with van der Waals surface area (Å²) in [5, 5.41) is 0. The lowest BCUT2D eigenvalue weighted by Gasteiger charge is -2.50. The Labute approximate surface area is 235 Å². The number of methoxy groups -OCH3 is 1. The molecule has 232 valence electrons. The first-order valence-electron chi connectivity index (χ1n) is 12.4. The number of carbonyl (C=O) groups is 2. The van der Waals surface area contributed by atoms with Gasteiger partial charge in [-0.05, 0) is 67.8 Å². The van der Waals surface area contributed by atoms with Crippen molar-refractivity contribution in [1.29, 1.82) is 0 Å². The third-order valence-electron chi connectivity index (χ3n) is 6.89. The molecule has 0 aliphatic carbocycles. The van der Waals surface area contributed by atoms with E-state index < -0.39 is 71.0 Å². The molecular weight excluding hydrogens is 587 g/mol. The van der Waals surface area contributed by atoms with Crippen molar-refractivity contribution < 1.29 is 58.6 Å². The second kappa shape index (κ2) is 11.7. The zero-order valence-electron chi connectivity index (χ0n) is 22.7. The smallest absolute Gasteiger partial charge is 0.416 e. The summed E-state index contributed by atoms with van der Waals surface area (Å²) in [6.45, 7) is 3.22. The Morgan fingerprint density at radius 3 is 1.93 bits per heavy atom. The van der Waals surface area contributed by atoms with Crippen molar-refractivity contribution in [3.05, 3.63) is 64.2 Å². The normalized spacial score (nSPS) is 18.0. The molecule has 0 saturated heterocycles. The maximum atomic E-state index is 13.8. The number of hydrogen-bond donors (Lipinski definition) is 0. The number of carbonyl (C=O) groups excluding carboxylic acids is 2. The fourth-order valence-corrected chi connectivity index (χ4v) is 5.19. The lowest BCUT2D eigenvalue weighted by atomic mass is 9.86. The van der Waals surface area contributed by atoms with E-state index in [1.807, 2.05) is 0 Å². The SMILES string of the molecule is COCC1CC(N(Cc2cc(C(F)(F)F)cc(C(F)(F)F)c2)C(C)=O)c2cc(C(F)(F)F)ccc2N1C(C)(C)OC=O. The van der Waals surface area contributed by atoms with Crippen molar-refractivity contribution in [2.45, 2.75) is 70.1 Å². The number of benzene rings is 2. The van der Waals surface area contributed by atoms with Crippen LogP contribution in [0.4, 0.5) is 45.2 Å². The Kier molecular flexibility index (Phi) is 9.16. The van der Waals surface area contributed by atoms with E-state index in [4.69, 9.17) is 9.47 Å². The summed E-state index contributed by atoms with van der Waals surface area (Å²) in [6, 6.07) is 1.50. The van der Waals surface area contributed by atoms with Crippen LogP contribution in [0.25, 0.3) is 0 Å². The molecule has 2 aromatic carbocycles. The topological polar surface area (TPSA) is 59.1 Å². The van der Waals surface area contributed by atoms with Crippen LogP contribution in [0.3, 0.4) is 0 Å². The van der Waals surface area contributed by atoms with Crippen molar-refractivity contribution in [2.75, 3.05) is 18.6 Å². The van der Waals surface area contributed by atoms with Crippen LogP contribution in [0, 0.1) is 0 Å². The summed E-state index contributed by atoms with van der Waals surface area (Å²) < 4.78 is 133. The van der Waals surface area contributed by atoms with Gasteiger partial charge in [0, 0.05) is 26.3 Å². The molecular formula is C27H27F9N2O4. The van der Waals surface area contributed by atoms with E-state index in [0.29, 0.717) is 12.1 Å². The van der Waals surface area contributed by atoms with Crippen LogP contribution in [0.2, 0.25) is 0 Å². The molecule has 0 fully saturated rings. The zero-order valence-corrected chi connectivity index (χ0v) is 22.7. The summed E-state index contributed by atoms with van der Waals surface area (Å²) in [5.74, 6) is -0.817. The highest BCUT2D eigenvalue weighted by atomic mass is 19.4. The molecule has 6 nitrogen and oxygen atoms in total. The van der Waals surface area contributed by atoms with Crippen molar-refractivity contribution in [2.24, 2.45) is 0 Å². The average Bonchev–Trinajstić information content (AvgIpc) is 2.84. The molecule has 1 amide bonds. The van der Waals surface area contributed by atoms with Crippen LogP contribution in [-0.4, -0.2) is 42.8 Å². The van der Waals surface area contributed by atoms with Crippen molar-refractivity contribution in [3.8, 4) is 0 Å². The van der Waals surface area contributed by atoms with Crippen LogP contribution >= 0.6 is 0 Å². The molecule has 2 unspecified atom stereocenters. The second-order valence-corrected chi connectivity index (χ2v) is 10.2. The molecule has 42 heavy (non-hydrogen) atoms. The van der Waals surface area contributed by atoms with E-state index in [1.54, 1.807) is 0 Å². The van der Waals surface area contributed by atoms with Crippen molar-refractivity contribution in [1.82, 2.24) is 4.90 Å². The van der Waals surface area contributed by atoms with Gasteiger partial charge in [0.05, 0.1) is 35.4 Å². The van der Waals surface area contributed by atoms with E-state index in [1.165, 1.54) is 25.9 Å². The van der Waals surface area contributed by atoms with E-state index in [-0.39, 0.29) is 36.8 Å². The van der Waals surface area contributed by atoms with Crippen LogP contribution in [-0.2, 0) is 44.1 Å². The van der Waals surface area contributed by atoms with Gasteiger partial charge >= 0.3 is 18.5 Å². The summed E-state index contributed by atoms with van der Waals surface area (Å²) in [7, 11) is 1.33. The van der Waals surface area contributed by atoms with Gasteiger partial charge in [-0.3, -0.25) is 9.59 Å². The number of hydrogen-bond acceptors (Lipinski definition) is 5. The van der Waals surface area contributed by atoms with E-state index in [2.05, 4.69) is 0 Å². The number of anilines is 1. The van der Waals surface area contributed by atoms with Crippen molar-refractivity contribution >= 4 is 18.1 Å². The maximum absolute atomic E-state index is 13.8. The van der Waals surface area contributed by atoms with Gasteiger partial charge in [0.1, 0.15) is 0 Å². The highest BCUT2D eigenvalue weighted by molar-refractivity contribution is 5.75. The first-order chi connectivity index (χ1) is 19.2. The fourth-order valence-electron chi connectivity index (χ4n) is 5.19. The molecule has 1 aliphatic rings. The van der Waals surface area contributed by atoms with Gasteiger partial charge in [-0.25, -0.2) is 0 Å². The van der Waals surface area contributed by atoms with Crippen LogP contribution in [0.5, 0.6) is 0 Å². The van der Waals surface area contributed by atoms with E-state index in [0.717, 1.165) is 30.0 Å². The average molecular weight is 615 g/mol. The molecule has 0 bridgehead atoms. The lowest BCUT2D eigenvalue weighted by molar-refractivity contribution is -0.143. The summed E-state index contributed by atoms with van der Waals surface area (Å²) in [4.78, 5) is 26.5. The molecule has 1 heterocycles. The van der Waals surface area contributed by atoms with Gasteiger partial charge in [-0.1, -0.05) is 0 Å². The minimum absolute atomic E-state index is 0.0608. The number of ether oxygens (including phenoxy) is 2. The van der Waals surface area contributed by atoms with Crippen LogP contribution in [0.1, 0.15) is 61.1 Å². The van der Waals surface area contributed by atoms with Crippen molar-refractivity contribution in [3.63, 3.8) is 0 Å². The first kappa shape index (κ1) is 33.0. The summed E-state index contributed by atoms with van der Waals surface area (Å²) >= 11 is 0. The second-order valence-electron chi connectivity index (χ2n) is 10.2. The van der Waals surface area contributed by atoms with E-state index >= 15 is 0 Å². The molecule has 2 aromatic rings. The first-order valence-corrected chi connectivity index (χ1v) is 12.4. The summed E-state index contributed by atoms with van der Waals surface area (Å²) in [5.41, 5.74) is -6.28. The third-order valence-corrected chi connectivity index (χ3v) is 6.89. The van der Waals surface area contributed by atoms with Gasteiger partial charge in [0.25, 0.3) is 6.47 Å². The van der Waals surface area contributed by atoms with Gasteiger partial charge in [0.15, 0.2) is 5.72 Å². The minimum atomic E-state index is -5.15. The molecule has 15 heteroatoms. The standard InChI is InChI=1S/C27H27F9N2O4/c1-15(40)37(12-16-7-18(26(31,32)33)9-19(8-16)27(34,35)36)23-11-20(13-41-4)38(24(2,3)42-14-39)22-6-5-17(10-21(22)23)25(28,29)30/h5-10,14,20,23H,11-13H2,1-4H3. The van der Waals surface area contributed by atoms with E-state index in [9.17, 15) is 49.1 Å². The highest BCUT2D eigenvalue weighted by Crippen LogP contribution is 2.47. The molecule has 1 aliphatic heterocycles. The molecule has 0 aromatic heterocycles.